The second-order valence-corrected chi connectivity index (χ2v) is 5.30. The summed E-state index contributed by atoms with van der Waals surface area (Å²) >= 11 is 0. The van der Waals surface area contributed by atoms with Crippen LogP contribution in [0.15, 0.2) is 67.0 Å². The van der Waals surface area contributed by atoms with E-state index in [1.807, 2.05) is 59.0 Å². The molecule has 0 bridgehead atoms. The van der Waals surface area contributed by atoms with Gasteiger partial charge in [-0.2, -0.15) is 0 Å². The van der Waals surface area contributed by atoms with Gasteiger partial charge in [0.25, 0.3) is 5.91 Å². The summed E-state index contributed by atoms with van der Waals surface area (Å²) in [7, 11) is 0. The quantitative estimate of drug-likeness (QED) is 0.633. The Kier molecular flexibility index (Phi) is 3.24. The molecular formula is C18H14N4O. The number of carbonyl (C=O) groups is 1. The lowest BCUT2D eigenvalue weighted by molar-refractivity contribution is 0.0952. The lowest BCUT2D eigenvalue weighted by Gasteiger charge is -2.09. The van der Waals surface area contributed by atoms with Gasteiger partial charge >= 0.3 is 0 Å². The Bertz CT molecular complexity index is 992. The molecule has 0 atom stereocenters. The van der Waals surface area contributed by atoms with Crippen LogP contribution in [0.4, 0.5) is 0 Å². The number of nitrogens with zero attached hydrogens (tertiary/aromatic N) is 3. The maximum absolute atomic E-state index is 12.6. The number of rotatable bonds is 3. The van der Waals surface area contributed by atoms with E-state index in [1.165, 1.54) is 0 Å². The molecule has 1 N–H and O–H groups in total. The van der Waals surface area contributed by atoms with E-state index >= 15 is 0 Å². The first-order chi connectivity index (χ1) is 11.3. The van der Waals surface area contributed by atoms with Gasteiger partial charge in [0.15, 0.2) is 5.65 Å². The fourth-order valence-electron chi connectivity index (χ4n) is 2.71. The lowest BCUT2D eigenvalue weighted by atomic mass is 10.1. The fourth-order valence-corrected chi connectivity index (χ4v) is 2.71. The Labute approximate surface area is 132 Å². The van der Waals surface area contributed by atoms with E-state index in [4.69, 9.17) is 0 Å². The highest BCUT2D eigenvalue weighted by Gasteiger charge is 2.13. The van der Waals surface area contributed by atoms with Gasteiger partial charge in [0, 0.05) is 11.9 Å². The molecule has 2 aromatic carbocycles. The van der Waals surface area contributed by atoms with Gasteiger partial charge in [0.2, 0.25) is 0 Å². The zero-order valence-corrected chi connectivity index (χ0v) is 12.3. The molecule has 1 amide bonds. The van der Waals surface area contributed by atoms with Crippen molar-refractivity contribution in [1.82, 2.24) is 19.9 Å². The van der Waals surface area contributed by atoms with Crippen molar-refractivity contribution >= 4 is 22.5 Å². The molecule has 2 heterocycles. The minimum absolute atomic E-state index is 0.115. The van der Waals surface area contributed by atoms with Gasteiger partial charge in [-0.25, -0.2) is 0 Å². The number of para-hydroxylation sites is 1. The number of hydrogen-bond donors (Lipinski definition) is 1. The molecule has 5 nitrogen and oxygen atoms in total. The van der Waals surface area contributed by atoms with Crippen LogP contribution >= 0.6 is 0 Å². The standard InChI is InChI=1S/C18H14N4O/c23-18(19-11-13-6-2-1-3-7-13)15-10-17-21-20-12-22(17)16-9-5-4-8-14(15)16/h1-10,12H,11H2,(H,19,23). The number of aromatic nitrogens is 3. The molecule has 0 saturated carbocycles. The van der Waals surface area contributed by atoms with Crippen molar-refractivity contribution in [3.8, 4) is 0 Å². The van der Waals surface area contributed by atoms with Gasteiger partial charge in [0.05, 0.1) is 11.1 Å². The van der Waals surface area contributed by atoms with E-state index in [0.29, 0.717) is 17.8 Å². The molecule has 5 heteroatoms. The Morgan fingerprint density at radius 1 is 1.04 bits per heavy atom. The van der Waals surface area contributed by atoms with Crippen molar-refractivity contribution < 1.29 is 4.79 Å². The monoisotopic (exact) mass is 302 g/mol. The second-order valence-electron chi connectivity index (χ2n) is 5.30. The van der Waals surface area contributed by atoms with Crippen LogP contribution in [-0.2, 0) is 6.54 Å². The molecule has 2 aromatic heterocycles. The van der Waals surface area contributed by atoms with Gasteiger partial charge < -0.3 is 5.32 Å². The van der Waals surface area contributed by atoms with Gasteiger partial charge in [-0.1, -0.05) is 48.5 Å². The molecule has 0 aliphatic heterocycles. The lowest BCUT2D eigenvalue weighted by Crippen LogP contribution is -2.23. The molecule has 4 aromatic rings. The zero-order valence-electron chi connectivity index (χ0n) is 12.3. The second kappa shape index (κ2) is 5.53. The van der Waals surface area contributed by atoms with Crippen LogP contribution in [-0.4, -0.2) is 20.5 Å². The van der Waals surface area contributed by atoms with E-state index in [1.54, 1.807) is 12.4 Å². The highest BCUT2D eigenvalue weighted by atomic mass is 16.1. The van der Waals surface area contributed by atoms with Gasteiger partial charge in [0.1, 0.15) is 6.33 Å². The highest BCUT2D eigenvalue weighted by molar-refractivity contribution is 6.07. The van der Waals surface area contributed by atoms with Gasteiger partial charge in [-0.15, -0.1) is 10.2 Å². The predicted octanol–water partition coefficient (Wildman–Crippen LogP) is 2.81. The number of nitrogens with one attached hydrogen (secondary N) is 1. The largest absolute Gasteiger partial charge is 0.348 e. The first kappa shape index (κ1) is 13.5. The van der Waals surface area contributed by atoms with Gasteiger partial charge in [-0.05, 0) is 17.7 Å². The van der Waals surface area contributed by atoms with Crippen molar-refractivity contribution in [2.75, 3.05) is 0 Å². The van der Waals surface area contributed by atoms with E-state index in [0.717, 1.165) is 16.5 Å². The Morgan fingerprint density at radius 3 is 2.70 bits per heavy atom. The number of fused-ring (bicyclic) bond motifs is 3. The summed E-state index contributed by atoms with van der Waals surface area (Å²) in [5, 5.41) is 11.8. The molecule has 0 fully saturated rings. The van der Waals surface area contributed by atoms with Crippen molar-refractivity contribution in [2.24, 2.45) is 0 Å². The average Bonchev–Trinajstić information content (AvgIpc) is 3.09. The molecule has 23 heavy (non-hydrogen) atoms. The number of amides is 1. The number of pyridine rings is 1. The van der Waals surface area contributed by atoms with Crippen LogP contribution in [0, 0.1) is 0 Å². The number of carbonyl (C=O) groups excluding carboxylic acids is 1. The normalized spacial score (nSPS) is 11.0. The third kappa shape index (κ3) is 2.42. The van der Waals surface area contributed by atoms with Crippen LogP contribution in [0.3, 0.4) is 0 Å². The maximum Gasteiger partial charge on any atom is 0.252 e. The number of hydrogen-bond acceptors (Lipinski definition) is 3. The molecule has 0 aliphatic rings. The van der Waals surface area contributed by atoms with E-state index in [-0.39, 0.29) is 5.91 Å². The first-order valence-electron chi connectivity index (χ1n) is 7.36. The van der Waals surface area contributed by atoms with E-state index in [2.05, 4.69) is 15.5 Å². The Morgan fingerprint density at radius 2 is 1.83 bits per heavy atom. The van der Waals surface area contributed by atoms with Crippen LogP contribution in [0.2, 0.25) is 0 Å². The van der Waals surface area contributed by atoms with Crippen molar-refractivity contribution in [3.63, 3.8) is 0 Å². The molecule has 0 unspecified atom stereocenters. The minimum Gasteiger partial charge on any atom is -0.348 e. The predicted molar refractivity (Wildman–Crippen MR) is 88.1 cm³/mol. The van der Waals surface area contributed by atoms with Gasteiger partial charge in [-0.3, -0.25) is 9.20 Å². The first-order valence-corrected chi connectivity index (χ1v) is 7.36. The summed E-state index contributed by atoms with van der Waals surface area (Å²) in [6.07, 6.45) is 1.66. The molecule has 0 spiro atoms. The number of benzene rings is 2. The Balaban J connectivity index is 1.73. The summed E-state index contributed by atoms with van der Waals surface area (Å²) in [6, 6.07) is 19.4. The highest BCUT2D eigenvalue weighted by Crippen LogP contribution is 2.21. The van der Waals surface area contributed by atoms with Crippen LogP contribution < -0.4 is 5.32 Å². The summed E-state index contributed by atoms with van der Waals surface area (Å²) in [6.45, 7) is 0.492. The molecular weight excluding hydrogens is 288 g/mol. The van der Waals surface area contributed by atoms with Crippen molar-refractivity contribution in [1.29, 1.82) is 0 Å². The SMILES string of the molecule is O=C(NCc1ccccc1)c1cc2nncn2c2ccccc12. The third-order valence-corrected chi connectivity index (χ3v) is 3.84. The molecule has 0 aliphatic carbocycles. The molecule has 4 rings (SSSR count). The fraction of sp³-hybridized carbons (Fsp3) is 0.0556. The van der Waals surface area contributed by atoms with Crippen LogP contribution in [0.25, 0.3) is 16.6 Å². The summed E-state index contributed by atoms with van der Waals surface area (Å²) < 4.78 is 1.88. The average molecular weight is 302 g/mol. The molecule has 0 radical (unpaired) electrons. The van der Waals surface area contributed by atoms with Crippen LogP contribution in [0.5, 0.6) is 0 Å². The topological polar surface area (TPSA) is 59.3 Å². The summed E-state index contributed by atoms with van der Waals surface area (Å²) in [4.78, 5) is 12.6. The van der Waals surface area contributed by atoms with Crippen molar-refractivity contribution in [3.05, 3.63) is 78.1 Å². The van der Waals surface area contributed by atoms with E-state index in [9.17, 15) is 4.79 Å². The summed E-state index contributed by atoms with van der Waals surface area (Å²) in [5.74, 6) is -0.115. The summed E-state index contributed by atoms with van der Waals surface area (Å²) in [5.41, 5.74) is 3.25. The third-order valence-electron chi connectivity index (χ3n) is 3.84. The van der Waals surface area contributed by atoms with Crippen molar-refractivity contribution in [2.45, 2.75) is 6.54 Å². The smallest absolute Gasteiger partial charge is 0.252 e. The molecule has 112 valence electrons. The van der Waals surface area contributed by atoms with Crippen LogP contribution in [0.1, 0.15) is 15.9 Å². The minimum atomic E-state index is -0.115. The maximum atomic E-state index is 12.6. The zero-order chi connectivity index (χ0) is 15.6. The van der Waals surface area contributed by atoms with E-state index < -0.39 is 0 Å². The Hall–Kier alpha value is -3.21. The molecule has 0 saturated heterocycles.